The summed E-state index contributed by atoms with van der Waals surface area (Å²) in [5.41, 5.74) is 10.8. The number of rotatable bonds is 4. The predicted molar refractivity (Wildman–Crippen MR) is 160 cm³/mol. The fourth-order valence-corrected chi connectivity index (χ4v) is 7.56. The number of nitrogens with one attached hydrogen (secondary N) is 1. The summed E-state index contributed by atoms with van der Waals surface area (Å²) in [6.45, 7) is 4.45. The summed E-state index contributed by atoms with van der Waals surface area (Å²) in [4.78, 5) is 43.7. The Morgan fingerprint density at radius 3 is 2.59 bits per heavy atom. The van der Waals surface area contributed by atoms with Gasteiger partial charge in [0.1, 0.15) is 17.5 Å². The van der Waals surface area contributed by atoms with Gasteiger partial charge in [0.2, 0.25) is 11.8 Å². The van der Waals surface area contributed by atoms with Gasteiger partial charge >= 0.3 is 0 Å². The Kier molecular flexibility index (Phi) is 6.06. The topological polar surface area (TPSA) is 154 Å². The van der Waals surface area contributed by atoms with Gasteiger partial charge in [-0.15, -0.1) is 10.2 Å². The number of carbonyl (C=O) groups is 3. The summed E-state index contributed by atoms with van der Waals surface area (Å²) in [6, 6.07) is 12.7. The molecule has 44 heavy (non-hydrogen) atoms. The zero-order valence-electron chi connectivity index (χ0n) is 24.2. The molecule has 4 N–H and O–H groups in total. The molecule has 3 aromatic rings. The van der Waals surface area contributed by atoms with Gasteiger partial charge in [-0.05, 0) is 56.6 Å². The Morgan fingerprint density at radius 2 is 1.82 bits per heavy atom. The maximum absolute atomic E-state index is 13.3. The van der Waals surface area contributed by atoms with Gasteiger partial charge in [0.15, 0.2) is 5.82 Å². The number of aromatic hydroxyl groups is 1. The predicted octanol–water partition coefficient (Wildman–Crippen LogP) is 1.81. The maximum Gasteiger partial charge on any atom is 0.255 e. The van der Waals surface area contributed by atoms with Gasteiger partial charge < -0.3 is 25.4 Å². The zero-order chi connectivity index (χ0) is 30.2. The SMILES string of the molecule is Nc1nnc(-c2ccccc2O)cc1N1CC(N2CCC3(CC2)COc2c3ccc3c2CN(C2CCC(=O)NC2=O)C3=O)C1. The number of likely N-dealkylation sites (tertiary alicyclic amines) is 1. The molecule has 0 saturated carbocycles. The van der Waals surface area contributed by atoms with Crippen molar-refractivity contribution in [3.63, 3.8) is 0 Å². The highest BCUT2D eigenvalue weighted by atomic mass is 16.5. The molecule has 5 aliphatic rings. The zero-order valence-corrected chi connectivity index (χ0v) is 24.2. The van der Waals surface area contributed by atoms with E-state index in [9.17, 15) is 19.5 Å². The molecule has 3 saturated heterocycles. The Bertz CT molecular complexity index is 1710. The van der Waals surface area contributed by atoms with Gasteiger partial charge in [0.25, 0.3) is 5.91 Å². The molecule has 1 unspecified atom stereocenters. The number of para-hydroxylation sites is 1. The molecular formula is C32H33N7O5. The van der Waals surface area contributed by atoms with Crippen LogP contribution >= 0.6 is 0 Å². The number of phenols is 1. The summed E-state index contributed by atoms with van der Waals surface area (Å²) >= 11 is 0. The molecule has 12 nitrogen and oxygen atoms in total. The molecule has 0 aliphatic carbocycles. The first-order valence-corrected chi connectivity index (χ1v) is 15.2. The van der Waals surface area contributed by atoms with Gasteiger partial charge in [-0.3, -0.25) is 24.6 Å². The number of imide groups is 1. The first-order valence-electron chi connectivity index (χ1n) is 15.2. The third kappa shape index (κ3) is 4.11. The smallest absolute Gasteiger partial charge is 0.255 e. The minimum absolute atomic E-state index is 0.0958. The van der Waals surface area contributed by atoms with Gasteiger partial charge in [-0.1, -0.05) is 18.2 Å². The Morgan fingerprint density at radius 1 is 1.02 bits per heavy atom. The Balaban J connectivity index is 0.934. The van der Waals surface area contributed by atoms with E-state index < -0.39 is 11.9 Å². The number of nitrogens with two attached hydrogens (primary N) is 1. The average molecular weight is 596 g/mol. The van der Waals surface area contributed by atoms with Crippen molar-refractivity contribution in [1.29, 1.82) is 0 Å². The quantitative estimate of drug-likeness (QED) is 0.381. The molecule has 2 aromatic carbocycles. The molecule has 12 heteroatoms. The molecule has 1 spiro atoms. The summed E-state index contributed by atoms with van der Waals surface area (Å²) < 4.78 is 6.34. The number of fused-ring (bicyclic) bond motifs is 4. The number of hydrogen-bond donors (Lipinski definition) is 3. The van der Waals surface area contributed by atoms with E-state index >= 15 is 0 Å². The number of carbonyl (C=O) groups excluding carboxylic acids is 3. The van der Waals surface area contributed by atoms with E-state index in [1.165, 1.54) is 0 Å². The minimum atomic E-state index is -0.640. The summed E-state index contributed by atoms with van der Waals surface area (Å²) in [6.07, 6.45) is 2.48. The largest absolute Gasteiger partial charge is 0.507 e. The number of nitrogen functional groups attached to an aromatic ring is 1. The van der Waals surface area contributed by atoms with E-state index in [0.29, 0.717) is 48.3 Å². The van der Waals surface area contributed by atoms with Crippen molar-refractivity contribution >= 4 is 29.2 Å². The number of phenolic OH excluding ortho intramolecular Hbond substituents is 1. The third-order valence-electron chi connectivity index (χ3n) is 10.2. The van der Waals surface area contributed by atoms with Crippen LogP contribution in [0.3, 0.4) is 0 Å². The average Bonchev–Trinajstić information content (AvgIpc) is 3.52. The lowest BCUT2D eigenvalue weighted by Gasteiger charge is -2.50. The normalized spacial score (nSPS) is 22.9. The lowest BCUT2D eigenvalue weighted by molar-refractivity contribution is -0.136. The van der Waals surface area contributed by atoms with E-state index in [4.69, 9.17) is 10.5 Å². The lowest BCUT2D eigenvalue weighted by Crippen LogP contribution is -2.62. The molecule has 5 aliphatic heterocycles. The van der Waals surface area contributed by atoms with Crippen LogP contribution in [0.1, 0.15) is 47.2 Å². The van der Waals surface area contributed by atoms with E-state index in [1.807, 2.05) is 24.3 Å². The second-order valence-corrected chi connectivity index (χ2v) is 12.5. The van der Waals surface area contributed by atoms with Crippen LogP contribution in [0.15, 0.2) is 42.5 Å². The molecule has 0 bridgehead atoms. The van der Waals surface area contributed by atoms with Crippen LogP contribution in [0.2, 0.25) is 0 Å². The van der Waals surface area contributed by atoms with Crippen LogP contribution < -0.4 is 20.7 Å². The monoisotopic (exact) mass is 595 g/mol. The van der Waals surface area contributed by atoms with Gasteiger partial charge in [-0.25, -0.2) is 0 Å². The fourth-order valence-electron chi connectivity index (χ4n) is 7.56. The van der Waals surface area contributed by atoms with E-state index in [1.54, 1.807) is 17.0 Å². The molecule has 3 fully saturated rings. The molecule has 8 rings (SSSR count). The number of hydrogen-bond acceptors (Lipinski definition) is 10. The number of benzene rings is 2. The highest BCUT2D eigenvalue weighted by molar-refractivity contribution is 6.05. The summed E-state index contributed by atoms with van der Waals surface area (Å²) in [7, 11) is 0. The molecule has 1 aromatic heterocycles. The molecule has 3 amide bonds. The number of amides is 3. The van der Waals surface area contributed by atoms with Gasteiger partial charge in [-0.2, -0.15) is 0 Å². The lowest BCUT2D eigenvalue weighted by atomic mass is 9.73. The van der Waals surface area contributed by atoms with Crippen LogP contribution in [0.4, 0.5) is 11.5 Å². The number of piperidine rings is 2. The second kappa shape index (κ2) is 9.91. The van der Waals surface area contributed by atoms with Crippen LogP contribution in [0, 0.1) is 0 Å². The molecule has 6 heterocycles. The molecular weight excluding hydrogens is 562 g/mol. The number of anilines is 2. The van der Waals surface area contributed by atoms with Crippen molar-refractivity contribution in [2.45, 2.75) is 49.7 Å². The van der Waals surface area contributed by atoms with Crippen molar-refractivity contribution in [3.8, 4) is 22.8 Å². The molecule has 1 atom stereocenters. The van der Waals surface area contributed by atoms with Crippen LogP contribution in [0.25, 0.3) is 11.3 Å². The maximum atomic E-state index is 13.3. The van der Waals surface area contributed by atoms with E-state index in [2.05, 4.69) is 31.4 Å². The van der Waals surface area contributed by atoms with Gasteiger partial charge in [0.05, 0.1) is 24.5 Å². The highest BCUT2D eigenvalue weighted by Gasteiger charge is 2.49. The van der Waals surface area contributed by atoms with Crippen molar-refractivity contribution in [1.82, 2.24) is 25.3 Å². The minimum Gasteiger partial charge on any atom is -0.507 e. The Labute approximate surface area is 253 Å². The number of aromatic nitrogens is 2. The first kappa shape index (κ1) is 26.9. The van der Waals surface area contributed by atoms with Crippen LogP contribution in [-0.4, -0.2) is 87.7 Å². The Hall–Kier alpha value is -4.71. The third-order valence-corrected chi connectivity index (χ3v) is 10.2. The van der Waals surface area contributed by atoms with Crippen molar-refractivity contribution in [2.75, 3.05) is 43.4 Å². The fraction of sp³-hybridized carbons (Fsp3) is 0.406. The molecule has 0 radical (unpaired) electrons. The van der Waals surface area contributed by atoms with Gasteiger partial charge in [0, 0.05) is 53.2 Å². The summed E-state index contributed by atoms with van der Waals surface area (Å²) in [5, 5.41) is 21.0. The van der Waals surface area contributed by atoms with Crippen molar-refractivity contribution in [2.24, 2.45) is 0 Å². The highest BCUT2D eigenvalue weighted by Crippen LogP contribution is 2.50. The van der Waals surface area contributed by atoms with E-state index in [0.717, 1.165) is 61.6 Å². The van der Waals surface area contributed by atoms with Crippen LogP contribution in [0.5, 0.6) is 11.5 Å². The van der Waals surface area contributed by atoms with E-state index in [-0.39, 0.29) is 29.4 Å². The number of ether oxygens (including phenoxy) is 1. The van der Waals surface area contributed by atoms with Crippen molar-refractivity contribution in [3.05, 3.63) is 59.2 Å². The van der Waals surface area contributed by atoms with Crippen LogP contribution in [-0.2, 0) is 21.5 Å². The molecule has 226 valence electrons. The summed E-state index contributed by atoms with van der Waals surface area (Å²) in [5.74, 6) is 0.458. The standard InChI is InChI=1S/C32H33N7O5/c33-29-25(13-23(35-36-29)20-3-1-2-4-26(20)40)38-14-18(15-38)37-11-9-32(10-12-37)17-44-28-21-16-39(24-7-8-27(41)34-30(24)42)31(43)19(21)5-6-22(28)32/h1-6,13,18,24,40H,7-12,14-17H2,(H2,33,36)(H,34,41,42). The second-order valence-electron chi connectivity index (χ2n) is 12.5. The first-order chi connectivity index (χ1) is 21.3. The number of nitrogens with zero attached hydrogens (tertiary/aromatic N) is 5. The van der Waals surface area contributed by atoms with Crippen molar-refractivity contribution < 1.29 is 24.2 Å².